The van der Waals surface area contributed by atoms with Gasteiger partial charge in [-0.3, -0.25) is 14.7 Å². The molecule has 0 unspecified atom stereocenters. The molecule has 0 aromatic carbocycles. The fraction of sp³-hybridized carbons (Fsp3) is 0.522. The van der Waals surface area contributed by atoms with E-state index < -0.39 is 25.9 Å². The molecule has 0 spiro atoms. The van der Waals surface area contributed by atoms with Gasteiger partial charge in [-0.05, 0) is 37.4 Å². The molecule has 17 heteroatoms. The normalized spacial score (nSPS) is 11.6. The Labute approximate surface area is 251 Å². The first-order valence-electron chi connectivity index (χ1n) is 11.7. The van der Waals surface area contributed by atoms with E-state index in [0.29, 0.717) is 12.4 Å². The van der Waals surface area contributed by atoms with Crippen LogP contribution in [-0.2, 0) is 37.4 Å². The van der Waals surface area contributed by atoms with Crippen molar-refractivity contribution >= 4 is 11.7 Å². The van der Waals surface area contributed by atoms with Crippen molar-refractivity contribution in [3.8, 4) is 0 Å². The molecule has 0 saturated carbocycles. The maximum Gasteiger partial charge on any atom is 2.00 e. The van der Waals surface area contributed by atoms with Gasteiger partial charge in [0.2, 0.25) is 5.91 Å². The standard InChI is InChI=1S/C23H35N5O.2ClHO4.Zn/c1-6-27(7-2)15-16-28(17-19-11-8-9-14-24-19)18-20-12-10-13-21(25-20)26-22(29)23(3,4)5;2*2-1(3,4)5;/h8-14H,6-7,15-18H2,1-5H3,(H,25,26,29);2*(H,2,3,4,5);/q;;;+2/p-2. The second kappa shape index (κ2) is 19.7. The Hall–Kier alpha value is -1.43. The van der Waals surface area contributed by atoms with Gasteiger partial charge in [-0.25, -0.2) is 42.3 Å². The van der Waals surface area contributed by atoms with Gasteiger partial charge in [-0.1, -0.05) is 46.8 Å². The van der Waals surface area contributed by atoms with Crippen LogP contribution in [0.4, 0.5) is 5.82 Å². The minimum atomic E-state index is -4.94. The Morgan fingerprint density at radius 2 is 1.27 bits per heavy atom. The molecule has 40 heavy (non-hydrogen) atoms. The van der Waals surface area contributed by atoms with E-state index in [2.05, 4.69) is 45.0 Å². The molecule has 1 N–H and O–H groups in total. The average molecular weight is 662 g/mol. The number of nitrogens with one attached hydrogen (secondary N) is 1. The molecule has 0 aliphatic carbocycles. The van der Waals surface area contributed by atoms with Crippen LogP contribution in [0.3, 0.4) is 0 Å². The molecule has 2 aromatic rings. The molecular weight excluding hydrogens is 627 g/mol. The zero-order chi connectivity index (χ0) is 30.3. The minimum absolute atomic E-state index is 0. The molecule has 0 atom stereocenters. The quantitative estimate of drug-likeness (QED) is 0.234. The first-order valence-corrected chi connectivity index (χ1v) is 14.1. The van der Waals surface area contributed by atoms with Gasteiger partial charge in [0.1, 0.15) is 5.82 Å². The maximum absolute atomic E-state index is 12.3. The number of likely N-dealkylation sites (N-methyl/N-ethyl adjacent to an activating group) is 1. The Bertz CT molecular complexity index is 934. The molecule has 0 bridgehead atoms. The maximum atomic E-state index is 12.3. The first-order chi connectivity index (χ1) is 17.8. The number of carbonyl (C=O) groups excluding carboxylic acids is 1. The second-order valence-corrected chi connectivity index (χ2v) is 10.5. The fourth-order valence-corrected chi connectivity index (χ4v) is 2.93. The van der Waals surface area contributed by atoms with E-state index in [-0.39, 0.29) is 25.4 Å². The summed E-state index contributed by atoms with van der Waals surface area (Å²) in [7, 11) is -9.89. The fourth-order valence-electron chi connectivity index (χ4n) is 2.93. The number of halogens is 2. The summed E-state index contributed by atoms with van der Waals surface area (Å²) in [6.07, 6.45) is 1.83. The number of anilines is 1. The van der Waals surface area contributed by atoms with Crippen molar-refractivity contribution in [2.24, 2.45) is 5.41 Å². The van der Waals surface area contributed by atoms with E-state index in [1.54, 1.807) is 0 Å². The molecule has 0 saturated heterocycles. The van der Waals surface area contributed by atoms with Crippen LogP contribution in [-0.4, -0.2) is 51.9 Å². The summed E-state index contributed by atoms with van der Waals surface area (Å²) in [5.41, 5.74) is 1.53. The minimum Gasteiger partial charge on any atom is -0.310 e. The van der Waals surface area contributed by atoms with Gasteiger partial charge < -0.3 is 10.2 Å². The van der Waals surface area contributed by atoms with Gasteiger partial charge >= 0.3 is 19.5 Å². The van der Waals surface area contributed by atoms with Crippen LogP contribution in [0.2, 0.25) is 0 Å². The van der Waals surface area contributed by atoms with Gasteiger partial charge in [0.25, 0.3) is 0 Å². The molecule has 0 aliphatic rings. The molecule has 14 nitrogen and oxygen atoms in total. The van der Waals surface area contributed by atoms with Crippen molar-refractivity contribution in [3.63, 3.8) is 0 Å². The summed E-state index contributed by atoms with van der Waals surface area (Å²) in [5, 5.41) is 2.92. The summed E-state index contributed by atoms with van der Waals surface area (Å²) in [5.74, 6) is 0.568. The smallest absolute Gasteiger partial charge is 0.310 e. The Morgan fingerprint density at radius 3 is 1.73 bits per heavy atom. The number of aromatic nitrogens is 2. The molecule has 0 radical (unpaired) electrons. The van der Waals surface area contributed by atoms with Gasteiger partial charge in [0, 0.05) is 37.8 Å². The van der Waals surface area contributed by atoms with E-state index in [1.807, 2.05) is 57.3 Å². The second-order valence-electron chi connectivity index (χ2n) is 9.03. The molecule has 1 amide bonds. The predicted molar refractivity (Wildman–Crippen MR) is 118 cm³/mol. The van der Waals surface area contributed by atoms with Crippen molar-refractivity contribution in [1.82, 2.24) is 19.8 Å². The molecule has 2 aromatic heterocycles. The molecule has 2 heterocycles. The number of amides is 1. The number of pyridine rings is 2. The van der Waals surface area contributed by atoms with Crippen LogP contribution in [0.5, 0.6) is 0 Å². The van der Waals surface area contributed by atoms with Crippen LogP contribution in [0, 0.1) is 25.9 Å². The summed E-state index contributed by atoms with van der Waals surface area (Å²) >= 11 is 0. The predicted octanol–water partition coefficient (Wildman–Crippen LogP) is -5.71. The third kappa shape index (κ3) is 24.4. The average Bonchev–Trinajstić information content (AvgIpc) is 2.78. The van der Waals surface area contributed by atoms with Crippen molar-refractivity contribution in [2.75, 3.05) is 31.5 Å². The number of hydrogen-bond donors (Lipinski definition) is 1. The summed E-state index contributed by atoms with van der Waals surface area (Å²) in [6.45, 7) is 15.6. The SMILES string of the molecule is CCN(CC)CCN(Cc1ccccn1)Cc1cccc(NC(=O)C(C)(C)C)n1.[O-][Cl+3]([O-])([O-])[O-].[O-][Cl+3]([O-])([O-])[O-].[Zn+2]. The van der Waals surface area contributed by atoms with E-state index in [4.69, 9.17) is 37.3 Å². The Morgan fingerprint density at radius 1 is 0.800 bits per heavy atom. The Kier molecular flexibility index (Phi) is 20.0. The molecule has 222 valence electrons. The van der Waals surface area contributed by atoms with Crippen LogP contribution in [0.25, 0.3) is 0 Å². The third-order valence-corrected chi connectivity index (χ3v) is 4.85. The van der Waals surface area contributed by atoms with Crippen LogP contribution >= 0.6 is 0 Å². The van der Waals surface area contributed by atoms with Gasteiger partial charge in [-0.15, -0.1) is 20.5 Å². The van der Waals surface area contributed by atoms with Crippen LogP contribution in [0.15, 0.2) is 42.6 Å². The topological polar surface area (TPSA) is 246 Å². The van der Waals surface area contributed by atoms with Crippen molar-refractivity contribution < 1.29 is 82.0 Å². The van der Waals surface area contributed by atoms with Gasteiger partial charge in [0.15, 0.2) is 0 Å². The van der Waals surface area contributed by atoms with Crippen molar-refractivity contribution in [1.29, 1.82) is 0 Å². The number of hydrogen-bond acceptors (Lipinski definition) is 13. The van der Waals surface area contributed by atoms with Crippen molar-refractivity contribution in [2.45, 2.75) is 47.7 Å². The van der Waals surface area contributed by atoms with Gasteiger partial charge in [-0.2, -0.15) is 0 Å². The van der Waals surface area contributed by atoms with Gasteiger partial charge in [0.05, 0.1) is 11.4 Å². The summed E-state index contributed by atoms with van der Waals surface area (Å²) in [4.78, 5) is 26.2. The van der Waals surface area contributed by atoms with E-state index >= 15 is 0 Å². The number of nitrogens with zero attached hydrogens (tertiary/aromatic N) is 4. The molecular formula is C23H35Cl2N5O9Zn. The van der Waals surface area contributed by atoms with E-state index in [1.165, 1.54) is 0 Å². The Balaban J connectivity index is 0. The molecule has 0 aliphatic heterocycles. The molecule has 2 rings (SSSR count). The third-order valence-electron chi connectivity index (χ3n) is 4.85. The van der Waals surface area contributed by atoms with Crippen LogP contribution < -0.4 is 42.6 Å². The molecule has 0 fully saturated rings. The van der Waals surface area contributed by atoms with Crippen molar-refractivity contribution in [3.05, 3.63) is 54.0 Å². The largest absolute Gasteiger partial charge is 2.00 e. The van der Waals surface area contributed by atoms with Crippen LogP contribution in [0.1, 0.15) is 46.0 Å². The summed E-state index contributed by atoms with van der Waals surface area (Å²) < 4.78 is 67.9. The number of rotatable bonds is 10. The zero-order valence-corrected chi connectivity index (χ0v) is 27.7. The first kappa shape index (κ1) is 40.7. The monoisotopic (exact) mass is 659 g/mol. The number of carbonyl (C=O) groups is 1. The zero-order valence-electron chi connectivity index (χ0n) is 23.2. The van der Waals surface area contributed by atoms with E-state index in [9.17, 15) is 4.79 Å². The van der Waals surface area contributed by atoms with E-state index in [0.717, 1.165) is 44.1 Å². The summed E-state index contributed by atoms with van der Waals surface area (Å²) in [6, 6.07) is 11.8.